The van der Waals surface area contributed by atoms with Crippen LogP contribution < -0.4 is 5.32 Å². The number of nitrogens with zero attached hydrogens (tertiary/aromatic N) is 2. The summed E-state index contributed by atoms with van der Waals surface area (Å²) in [6, 6.07) is 1.79. The van der Waals surface area contributed by atoms with Crippen molar-refractivity contribution in [2.24, 2.45) is 0 Å². The van der Waals surface area contributed by atoms with E-state index in [0.29, 0.717) is 6.54 Å². The maximum absolute atomic E-state index is 10.4. The highest BCUT2D eigenvalue weighted by Crippen LogP contribution is 2.25. The molecule has 13 heavy (non-hydrogen) atoms. The van der Waals surface area contributed by atoms with Crippen molar-refractivity contribution in [1.82, 2.24) is 10.3 Å². The third kappa shape index (κ3) is 1.27. The van der Waals surface area contributed by atoms with Crippen LogP contribution in [0.1, 0.15) is 24.2 Å². The molecule has 0 fully saturated rings. The number of nitro groups is 1. The van der Waals surface area contributed by atoms with Gasteiger partial charge in [0, 0.05) is 18.7 Å². The fraction of sp³-hybridized carbons (Fsp3) is 0.375. The van der Waals surface area contributed by atoms with Gasteiger partial charge in [-0.15, -0.1) is 0 Å². The molecule has 1 aliphatic rings. The second-order valence-corrected chi connectivity index (χ2v) is 3.10. The third-order valence-corrected chi connectivity index (χ3v) is 2.21. The third-order valence-electron chi connectivity index (χ3n) is 2.21. The van der Waals surface area contributed by atoms with Gasteiger partial charge < -0.3 is 5.32 Å². The predicted molar refractivity (Wildman–Crippen MR) is 46.1 cm³/mol. The van der Waals surface area contributed by atoms with Gasteiger partial charge in [0.15, 0.2) is 0 Å². The van der Waals surface area contributed by atoms with Crippen LogP contribution in [0.3, 0.4) is 0 Å². The number of fused-ring (bicyclic) bond motifs is 1. The van der Waals surface area contributed by atoms with Crippen LogP contribution in [0.5, 0.6) is 0 Å². The normalized spacial score (nSPS) is 19.9. The van der Waals surface area contributed by atoms with Crippen LogP contribution in [0.25, 0.3) is 0 Å². The average molecular weight is 179 g/mol. The second kappa shape index (κ2) is 2.77. The Balaban J connectivity index is 2.45. The molecule has 5 heteroatoms. The van der Waals surface area contributed by atoms with Gasteiger partial charge in [-0.3, -0.25) is 15.1 Å². The van der Waals surface area contributed by atoms with Gasteiger partial charge in [-0.1, -0.05) is 0 Å². The topological polar surface area (TPSA) is 68.1 Å². The minimum Gasteiger partial charge on any atom is -0.305 e. The summed E-state index contributed by atoms with van der Waals surface area (Å²) in [4.78, 5) is 14.1. The molecule has 1 atom stereocenters. The van der Waals surface area contributed by atoms with E-state index in [0.717, 1.165) is 11.3 Å². The van der Waals surface area contributed by atoms with E-state index in [2.05, 4.69) is 10.3 Å². The summed E-state index contributed by atoms with van der Waals surface area (Å²) >= 11 is 0. The van der Waals surface area contributed by atoms with Crippen molar-refractivity contribution < 1.29 is 4.92 Å². The van der Waals surface area contributed by atoms with Crippen LogP contribution in [-0.2, 0) is 6.54 Å². The fourth-order valence-electron chi connectivity index (χ4n) is 1.50. The SMILES string of the molecule is CC1NCc2cc([N+](=O)[O-])cnc21. The molecule has 1 aromatic heterocycles. The lowest BCUT2D eigenvalue weighted by Crippen LogP contribution is -2.07. The van der Waals surface area contributed by atoms with Crippen LogP contribution in [0.4, 0.5) is 5.69 Å². The smallest absolute Gasteiger partial charge is 0.287 e. The highest BCUT2D eigenvalue weighted by atomic mass is 16.6. The molecule has 1 N–H and O–H groups in total. The molecular weight excluding hydrogens is 170 g/mol. The highest BCUT2D eigenvalue weighted by molar-refractivity contribution is 5.37. The zero-order valence-electron chi connectivity index (χ0n) is 7.15. The van der Waals surface area contributed by atoms with Gasteiger partial charge in [0.05, 0.1) is 10.6 Å². The number of nitrogens with one attached hydrogen (secondary N) is 1. The molecule has 0 amide bonds. The standard InChI is InChI=1S/C8H9N3O2/c1-5-8-6(3-9-5)2-7(4-10-8)11(12)13/h2,4-5,9H,3H2,1H3. The van der Waals surface area contributed by atoms with Crippen molar-refractivity contribution in [2.75, 3.05) is 0 Å². The lowest BCUT2D eigenvalue weighted by Gasteiger charge is -2.01. The molecule has 0 saturated carbocycles. The summed E-state index contributed by atoms with van der Waals surface area (Å²) in [6.45, 7) is 2.66. The summed E-state index contributed by atoms with van der Waals surface area (Å²) in [7, 11) is 0. The van der Waals surface area contributed by atoms with Crippen molar-refractivity contribution >= 4 is 5.69 Å². The van der Waals surface area contributed by atoms with Crippen molar-refractivity contribution in [2.45, 2.75) is 19.5 Å². The van der Waals surface area contributed by atoms with E-state index in [9.17, 15) is 10.1 Å². The van der Waals surface area contributed by atoms with Gasteiger partial charge >= 0.3 is 0 Å². The molecule has 1 aliphatic heterocycles. The molecular formula is C8H9N3O2. The Bertz CT molecular complexity index is 364. The van der Waals surface area contributed by atoms with Gasteiger partial charge in [-0.2, -0.15) is 0 Å². The van der Waals surface area contributed by atoms with E-state index in [1.165, 1.54) is 6.20 Å². The maximum Gasteiger partial charge on any atom is 0.287 e. The van der Waals surface area contributed by atoms with Crippen LogP contribution in [0, 0.1) is 10.1 Å². The Labute approximate surface area is 74.9 Å². The summed E-state index contributed by atoms with van der Waals surface area (Å²) in [5.41, 5.74) is 1.92. The Hall–Kier alpha value is -1.49. The van der Waals surface area contributed by atoms with Gasteiger partial charge in [0.1, 0.15) is 6.20 Å². The van der Waals surface area contributed by atoms with Crippen molar-refractivity contribution in [3.05, 3.63) is 33.6 Å². The maximum atomic E-state index is 10.4. The average Bonchev–Trinajstić information content (AvgIpc) is 2.47. The first-order chi connectivity index (χ1) is 6.18. The number of hydrogen-bond acceptors (Lipinski definition) is 4. The molecule has 5 nitrogen and oxygen atoms in total. The quantitative estimate of drug-likeness (QED) is 0.518. The molecule has 0 spiro atoms. The van der Waals surface area contributed by atoms with E-state index in [1.807, 2.05) is 6.92 Å². The van der Waals surface area contributed by atoms with Gasteiger partial charge in [0.2, 0.25) is 0 Å². The Morgan fingerprint density at radius 1 is 1.77 bits per heavy atom. The summed E-state index contributed by atoms with van der Waals surface area (Å²) in [5, 5.41) is 13.6. The van der Waals surface area contributed by atoms with Gasteiger partial charge in [-0.25, -0.2) is 0 Å². The molecule has 1 aromatic rings. The minimum atomic E-state index is -0.420. The second-order valence-electron chi connectivity index (χ2n) is 3.10. The molecule has 0 saturated heterocycles. The number of rotatable bonds is 1. The van der Waals surface area contributed by atoms with Crippen LogP contribution in [-0.4, -0.2) is 9.91 Å². The lowest BCUT2D eigenvalue weighted by atomic mass is 10.1. The molecule has 68 valence electrons. The largest absolute Gasteiger partial charge is 0.305 e. The first kappa shape index (κ1) is 8.12. The monoisotopic (exact) mass is 179 g/mol. The molecule has 1 unspecified atom stereocenters. The molecule has 0 bridgehead atoms. The van der Waals surface area contributed by atoms with Gasteiger partial charge in [-0.05, 0) is 12.5 Å². The van der Waals surface area contributed by atoms with Crippen LogP contribution in [0.15, 0.2) is 12.3 Å². The lowest BCUT2D eigenvalue weighted by molar-refractivity contribution is -0.385. The Morgan fingerprint density at radius 3 is 3.23 bits per heavy atom. The van der Waals surface area contributed by atoms with Crippen LogP contribution in [0.2, 0.25) is 0 Å². The fourth-order valence-corrected chi connectivity index (χ4v) is 1.50. The minimum absolute atomic E-state index is 0.0645. The van der Waals surface area contributed by atoms with E-state index < -0.39 is 4.92 Å². The highest BCUT2D eigenvalue weighted by Gasteiger charge is 2.21. The number of pyridine rings is 1. The van der Waals surface area contributed by atoms with Crippen molar-refractivity contribution in [3.63, 3.8) is 0 Å². The number of hydrogen-bond donors (Lipinski definition) is 1. The Kier molecular flexibility index (Phi) is 1.73. The molecule has 2 heterocycles. The van der Waals surface area contributed by atoms with Crippen molar-refractivity contribution in [1.29, 1.82) is 0 Å². The predicted octanol–water partition coefficient (Wildman–Crippen LogP) is 1.15. The van der Waals surface area contributed by atoms with E-state index >= 15 is 0 Å². The molecule has 0 aromatic carbocycles. The van der Waals surface area contributed by atoms with E-state index in [-0.39, 0.29) is 11.7 Å². The first-order valence-corrected chi connectivity index (χ1v) is 4.05. The molecule has 0 aliphatic carbocycles. The Morgan fingerprint density at radius 2 is 2.54 bits per heavy atom. The zero-order chi connectivity index (χ0) is 9.42. The van der Waals surface area contributed by atoms with E-state index in [4.69, 9.17) is 0 Å². The summed E-state index contributed by atoms with van der Waals surface area (Å²) in [5.74, 6) is 0. The van der Waals surface area contributed by atoms with Gasteiger partial charge in [0.25, 0.3) is 5.69 Å². The number of aromatic nitrogens is 1. The molecule has 2 rings (SSSR count). The first-order valence-electron chi connectivity index (χ1n) is 4.05. The van der Waals surface area contributed by atoms with Crippen molar-refractivity contribution in [3.8, 4) is 0 Å². The summed E-state index contributed by atoms with van der Waals surface area (Å²) in [6.07, 6.45) is 1.31. The summed E-state index contributed by atoms with van der Waals surface area (Å²) < 4.78 is 0. The van der Waals surface area contributed by atoms with Crippen LogP contribution >= 0.6 is 0 Å². The molecule has 0 radical (unpaired) electrons. The van der Waals surface area contributed by atoms with E-state index in [1.54, 1.807) is 6.07 Å². The zero-order valence-corrected chi connectivity index (χ0v) is 7.15.